The Kier molecular flexibility index (Phi) is 6.20. The fraction of sp³-hybridized carbons (Fsp3) is 0.231. The van der Waals surface area contributed by atoms with Crippen molar-refractivity contribution in [2.24, 2.45) is 5.10 Å². The Bertz CT molecular complexity index is 1280. The lowest BCUT2D eigenvalue weighted by Gasteiger charge is -2.16. The van der Waals surface area contributed by atoms with Crippen LogP contribution in [0.1, 0.15) is 29.8 Å². The molecular weight excluding hydrogens is 424 g/mol. The minimum atomic E-state index is 0.406. The molecule has 1 fully saturated rings. The van der Waals surface area contributed by atoms with Gasteiger partial charge in [0, 0.05) is 41.4 Å². The number of rotatable bonds is 7. The molecule has 0 bridgehead atoms. The van der Waals surface area contributed by atoms with Crippen LogP contribution in [0.2, 0.25) is 0 Å². The average Bonchev–Trinajstić information content (AvgIpc) is 3.49. The Hall–Kier alpha value is -4.20. The van der Waals surface area contributed by atoms with Crippen LogP contribution in [0.25, 0.3) is 5.69 Å². The van der Waals surface area contributed by atoms with Crippen LogP contribution in [0, 0.1) is 13.8 Å². The van der Waals surface area contributed by atoms with Crippen LogP contribution in [0.15, 0.2) is 71.8 Å². The van der Waals surface area contributed by atoms with E-state index in [0.717, 1.165) is 54.3 Å². The van der Waals surface area contributed by atoms with Gasteiger partial charge < -0.3 is 14.8 Å². The van der Waals surface area contributed by atoms with Gasteiger partial charge in [-0.05, 0) is 57.0 Å². The molecule has 1 saturated heterocycles. The summed E-state index contributed by atoms with van der Waals surface area (Å²) in [7, 11) is 0. The topological polar surface area (TPSA) is 83.3 Å². The Morgan fingerprint density at radius 3 is 2.26 bits per heavy atom. The number of aryl methyl sites for hydroxylation is 1. The lowest BCUT2D eigenvalue weighted by Crippen LogP contribution is -2.21. The first-order valence-corrected chi connectivity index (χ1v) is 11.5. The standard InChI is InChI=1S/C26H28N8/c1-19-17-21(20(2)34(19)23-13-7-4-8-14-23)18-27-32-25-29-24(28-22-11-5-3-6-12-22)30-26(31-25)33-15-9-10-16-33/h3-8,11-14,17-18H,9-10,15-16H2,1-2H3,(H2,28,29,30,31,32)/b27-18-. The van der Waals surface area contributed by atoms with Crippen molar-refractivity contribution in [2.45, 2.75) is 26.7 Å². The molecule has 1 aliphatic heterocycles. The molecule has 0 saturated carbocycles. The molecule has 0 unspecified atom stereocenters. The van der Waals surface area contributed by atoms with Crippen LogP contribution in [-0.2, 0) is 0 Å². The van der Waals surface area contributed by atoms with Crippen LogP contribution in [0.3, 0.4) is 0 Å². The lowest BCUT2D eigenvalue weighted by molar-refractivity contribution is 0.883. The van der Waals surface area contributed by atoms with E-state index >= 15 is 0 Å². The molecule has 0 spiro atoms. The summed E-state index contributed by atoms with van der Waals surface area (Å²) in [5.41, 5.74) is 8.37. The summed E-state index contributed by atoms with van der Waals surface area (Å²) in [6.07, 6.45) is 4.10. The molecule has 0 amide bonds. The van der Waals surface area contributed by atoms with E-state index in [1.54, 1.807) is 0 Å². The number of aromatic nitrogens is 4. The van der Waals surface area contributed by atoms with E-state index in [2.05, 4.69) is 72.3 Å². The van der Waals surface area contributed by atoms with E-state index in [1.807, 2.05) is 54.7 Å². The quantitative estimate of drug-likeness (QED) is 0.301. The number of nitrogens with zero attached hydrogens (tertiary/aromatic N) is 6. The van der Waals surface area contributed by atoms with Crippen LogP contribution >= 0.6 is 0 Å². The number of hydrazone groups is 1. The van der Waals surface area contributed by atoms with Crippen molar-refractivity contribution in [1.82, 2.24) is 19.5 Å². The van der Waals surface area contributed by atoms with Crippen LogP contribution in [-0.4, -0.2) is 38.8 Å². The largest absolute Gasteiger partial charge is 0.341 e. The van der Waals surface area contributed by atoms with E-state index in [4.69, 9.17) is 0 Å². The van der Waals surface area contributed by atoms with Gasteiger partial charge in [-0.2, -0.15) is 20.1 Å². The molecule has 2 aromatic heterocycles. The second-order valence-corrected chi connectivity index (χ2v) is 8.34. The zero-order chi connectivity index (χ0) is 23.3. The second kappa shape index (κ2) is 9.74. The Balaban J connectivity index is 1.38. The van der Waals surface area contributed by atoms with E-state index in [-0.39, 0.29) is 0 Å². The molecule has 0 radical (unpaired) electrons. The van der Waals surface area contributed by atoms with Crippen molar-refractivity contribution in [3.05, 3.63) is 83.7 Å². The average molecular weight is 453 g/mol. The molecule has 0 atom stereocenters. The summed E-state index contributed by atoms with van der Waals surface area (Å²) in [6.45, 7) is 6.09. The first kappa shape index (κ1) is 21.6. The van der Waals surface area contributed by atoms with Gasteiger partial charge in [-0.3, -0.25) is 0 Å². The van der Waals surface area contributed by atoms with Crippen molar-refractivity contribution in [2.75, 3.05) is 28.7 Å². The molecular formula is C26H28N8. The van der Waals surface area contributed by atoms with Gasteiger partial charge in [-0.1, -0.05) is 36.4 Å². The summed E-state index contributed by atoms with van der Waals surface area (Å²) in [5, 5.41) is 7.72. The smallest absolute Gasteiger partial charge is 0.250 e. The number of para-hydroxylation sites is 2. The number of hydrogen-bond donors (Lipinski definition) is 2. The van der Waals surface area contributed by atoms with Gasteiger partial charge in [-0.15, -0.1) is 0 Å². The SMILES string of the molecule is Cc1cc(/C=N\Nc2nc(Nc3ccccc3)nc(N3CCCC3)n2)c(C)n1-c1ccccc1. The summed E-state index contributed by atoms with van der Waals surface area (Å²) in [6, 6.07) is 22.3. The van der Waals surface area contributed by atoms with Gasteiger partial charge in [0.15, 0.2) is 0 Å². The number of hydrogen-bond acceptors (Lipinski definition) is 7. The molecule has 8 heteroatoms. The highest BCUT2D eigenvalue weighted by atomic mass is 15.4. The van der Waals surface area contributed by atoms with E-state index < -0.39 is 0 Å². The van der Waals surface area contributed by atoms with Crippen LogP contribution in [0.4, 0.5) is 23.5 Å². The third kappa shape index (κ3) is 4.76. The first-order chi connectivity index (χ1) is 16.7. The number of anilines is 4. The fourth-order valence-electron chi connectivity index (χ4n) is 4.23. The Morgan fingerprint density at radius 1 is 0.853 bits per heavy atom. The maximum atomic E-state index is 4.64. The minimum absolute atomic E-state index is 0.406. The lowest BCUT2D eigenvalue weighted by atomic mass is 10.2. The summed E-state index contributed by atoms with van der Waals surface area (Å²) >= 11 is 0. The molecule has 34 heavy (non-hydrogen) atoms. The maximum absolute atomic E-state index is 4.64. The second-order valence-electron chi connectivity index (χ2n) is 8.34. The Labute approximate surface area is 199 Å². The first-order valence-electron chi connectivity index (χ1n) is 11.5. The van der Waals surface area contributed by atoms with Gasteiger partial charge in [0.2, 0.25) is 17.8 Å². The fourth-order valence-corrected chi connectivity index (χ4v) is 4.23. The molecule has 3 heterocycles. The van der Waals surface area contributed by atoms with Crippen molar-refractivity contribution < 1.29 is 0 Å². The molecule has 172 valence electrons. The zero-order valence-electron chi connectivity index (χ0n) is 19.4. The molecule has 1 aliphatic rings. The van der Waals surface area contributed by atoms with Gasteiger partial charge >= 0.3 is 0 Å². The van der Waals surface area contributed by atoms with Crippen molar-refractivity contribution in [3.63, 3.8) is 0 Å². The normalized spacial score (nSPS) is 13.5. The molecule has 2 N–H and O–H groups in total. The van der Waals surface area contributed by atoms with Gasteiger partial charge in [0.25, 0.3) is 0 Å². The number of benzene rings is 2. The van der Waals surface area contributed by atoms with Gasteiger partial charge in [-0.25, -0.2) is 5.43 Å². The third-order valence-electron chi connectivity index (χ3n) is 5.90. The van der Waals surface area contributed by atoms with Crippen LogP contribution in [0.5, 0.6) is 0 Å². The molecule has 4 aromatic rings. The molecule has 8 nitrogen and oxygen atoms in total. The molecule has 2 aromatic carbocycles. The summed E-state index contributed by atoms with van der Waals surface area (Å²) in [4.78, 5) is 16.0. The third-order valence-corrected chi connectivity index (χ3v) is 5.90. The zero-order valence-corrected chi connectivity index (χ0v) is 19.4. The monoisotopic (exact) mass is 452 g/mol. The number of nitrogens with one attached hydrogen (secondary N) is 2. The minimum Gasteiger partial charge on any atom is -0.341 e. The van der Waals surface area contributed by atoms with E-state index in [0.29, 0.717) is 17.8 Å². The predicted molar refractivity (Wildman–Crippen MR) is 137 cm³/mol. The van der Waals surface area contributed by atoms with E-state index in [9.17, 15) is 0 Å². The predicted octanol–water partition coefficient (Wildman–Crippen LogP) is 5.07. The highest BCUT2D eigenvalue weighted by molar-refractivity contribution is 5.82. The van der Waals surface area contributed by atoms with E-state index in [1.165, 1.54) is 0 Å². The van der Waals surface area contributed by atoms with Crippen molar-refractivity contribution in [1.29, 1.82) is 0 Å². The highest BCUT2D eigenvalue weighted by Gasteiger charge is 2.17. The Morgan fingerprint density at radius 2 is 1.53 bits per heavy atom. The van der Waals surface area contributed by atoms with Gasteiger partial charge in [0.05, 0.1) is 6.21 Å². The van der Waals surface area contributed by atoms with Crippen LogP contribution < -0.4 is 15.6 Å². The van der Waals surface area contributed by atoms with Crippen molar-refractivity contribution in [3.8, 4) is 5.69 Å². The summed E-state index contributed by atoms with van der Waals surface area (Å²) < 4.78 is 2.22. The molecule has 0 aliphatic carbocycles. The highest BCUT2D eigenvalue weighted by Crippen LogP contribution is 2.22. The van der Waals surface area contributed by atoms with Crippen molar-refractivity contribution >= 4 is 29.7 Å². The molecule has 5 rings (SSSR count). The maximum Gasteiger partial charge on any atom is 0.250 e. The summed E-state index contributed by atoms with van der Waals surface area (Å²) in [5.74, 6) is 1.55. The van der Waals surface area contributed by atoms with Gasteiger partial charge in [0.1, 0.15) is 0 Å².